The van der Waals surface area contributed by atoms with E-state index in [0.29, 0.717) is 18.1 Å². The molecule has 2 aliphatic heterocycles. The largest absolute Gasteiger partial charge is 0.312 e. The minimum atomic E-state index is -3.58. The third kappa shape index (κ3) is 3.73. The molecular formula is C17H23Cl2N5O2S. The van der Waals surface area contributed by atoms with E-state index in [9.17, 15) is 8.42 Å². The van der Waals surface area contributed by atoms with Crippen LogP contribution in [0.1, 0.15) is 36.0 Å². The Labute approximate surface area is 170 Å². The fourth-order valence-electron chi connectivity index (χ4n) is 3.73. The fourth-order valence-corrected chi connectivity index (χ4v) is 5.76. The number of benzene rings is 1. The summed E-state index contributed by atoms with van der Waals surface area (Å²) >= 11 is 6.25. The third-order valence-electron chi connectivity index (χ3n) is 5.24. The molecule has 3 heterocycles. The second-order valence-electron chi connectivity index (χ2n) is 6.87. The highest BCUT2D eigenvalue weighted by Crippen LogP contribution is 2.33. The molecule has 1 N–H and O–H groups in total. The van der Waals surface area contributed by atoms with Crippen molar-refractivity contribution in [1.82, 2.24) is 24.4 Å². The van der Waals surface area contributed by atoms with Crippen molar-refractivity contribution < 1.29 is 8.42 Å². The molecule has 148 valence electrons. The van der Waals surface area contributed by atoms with Gasteiger partial charge in [-0.05, 0) is 31.4 Å². The molecule has 7 nitrogen and oxygen atoms in total. The quantitative estimate of drug-likeness (QED) is 0.806. The van der Waals surface area contributed by atoms with E-state index in [1.165, 1.54) is 0 Å². The minimum absolute atomic E-state index is 0. The molecule has 1 aromatic heterocycles. The van der Waals surface area contributed by atoms with Gasteiger partial charge in [0.05, 0.1) is 11.6 Å². The van der Waals surface area contributed by atoms with Crippen LogP contribution in [0.15, 0.2) is 23.1 Å². The predicted molar refractivity (Wildman–Crippen MR) is 106 cm³/mol. The third-order valence-corrected chi connectivity index (χ3v) is 7.80. The topological polar surface area (TPSA) is 80.1 Å². The molecule has 0 radical (unpaired) electrons. The number of fused-ring (bicyclic) bond motifs is 1. The smallest absolute Gasteiger partial charge is 0.244 e. The first-order chi connectivity index (χ1) is 12.5. The average Bonchev–Trinajstić information content (AvgIpc) is 3.08. The van der Waals surface area contributed by atoms with Crippen molar-refractivity contribution in [2.75, 3.05) is 19.6 Å². The lowest BCUT2D eigenvalue weighted by Gasteiger charge is -2.31. The summed E-state index contributed by atoms with van der Waals surface area (Å²) in [6, 6.07) is 5.13. The van der Waals surface area contributed by atoms with E-state index >= 15 is 0 Å². The number of nitrogens with one attached hydrogen (secondary N) is 1. The Bertz CT molecular complexity index is 923. The number of halogens is 2. The number of aromatic nitrogens is 3. The van der Waals surface area contributed by atoms with Crippen LogP contribution in [-0.4, -0.2) is 47.1 Å². The lowest BCUT2D eigenvalue weighted by Crippen LogP contribution is -2.39. The minimum Gasteiger partial charge on any atom is -0.312 e. The highest BCUT2D eigenvalue weighted by molar-refractivity contribution is 7.89. The zero-order valence-electron chi connectivity index (χ0n) is 15.1. The maximum atomic E-state index is 13.0. The molecule has 0 amide bonds. The Morgan fingerprint density at radius 3 is 2.67 bits per heavy atom. The Kier molecular flexibility index (Phi) is 6.12. The molecule has 1 fully saturated rings. The second-order valence-corrected chi connectivity index (χ2v) is 9.15. The van der Waals surface area contributed by atoms with Gasteiger partial charge in [-0.3, -0.25) is 0 Å². The first-order valence-corrected chi connectivity index (χ1v) is 10.7. The maximum Gasteiger partial charge on any atom is 0.244 e. The maximum absolute atomic E-state index is 13.0. The zero-order chi connectivity index (χ0) is 18.3. The van der Waals surface area contributed by atoms with E-state index in [4.69, 9.17) is 11.6 Å². The fraction of sp³-hybridized carbons (Fsp3) is 0.529. The molecule has 0 bridgehead atoms. The summed E-state index contributed by atoms with van der Waals surface area (Å²) < 4.78 is 29.7. The summed E-state index contributed by atoms with van der Waals surface area (Å²) in [7, 11) is -3.58. The predicted octanol–water partition coefficient (Wildman–Crippen LogP) is 2.33. The van der Waals surface area contributed by atoms with Crippen LogP contribution in [-0.2, 0) is 23.1 Å². The van der Waals surface area contributed by atoms with Crippen LogP contribution in [0.4, 0.5) is 0 Å². The van der Waals surface area contributed by atoms with Crippen molar-refractivity contribution in [3.63, 3.8) is 0 Å². The van der Waals surface area contributed by atoms with Gasteiger partial charge >= 0.3 is 0 Å². The van der Waals surface area contributed by atoms with E-state index in [0.717, 1.165) is 49.7 Å². The summed E-state index contributed by atoms with van der Waals surface area (Å²) in [5, 5.41) is 12.2. The van der Waals surface area contributed by atoms with Crippen LogP contribution in [0.25, 0.3) is 0 Å². The van der Waals surface area contributed by atoms with Crippen LogP contribution in [0.2, 0.25) is 5.02 Å². The van der Waals surface area contributed by atoms with E-state index in [2.05, 4.69) is 20.1 Å². The standard InChI is InChI=1S/C17H22ClN5O2S.ClH/c1-12-3-2-4-14(16(12)18)26(24,25)22-8-5-13(6-9-22)17-21-20-15-11-19-7-10-23(15)17;/h2-4,13,19H,5-11H2,1H3;1H. The Morgan fingerprint density at radius 1 is 1.19 bits per heavy atom. The van der Waals surface area contributed by atoms with Crippen LogP contribution < -0.4 is 5.32 Å². The van der Waals surface area contributed by atoms with Crippen LogP contribution in [0, 0.1) is 6.92 Å². The molecule has 0 atom stereocenters. The number of hydrogen-bond donors (Lipinski definition) is 1. The van der Waals surface area contributed by atoms with Gasteiger partial charge in [0, 0.05) is 32.1 Å². The lowest BCUT2D eigenvalue weighted by molar-refractivity contribution is 0.307. The number of nitrogens with zero attached hydrogens (tertiary/aromatic N) is 4. The Hall–Kier alpha value is -1.19. The molecule has 0 aliphatic carbocycles. The van der Waals surface area contributed by atoms with Gasteiger partial charge in [0.25, 0.3) is 0 Å². The van der Waals surface area contributed by atoms with E-state index in [1.807, 2.05) is 13.0 Å². The van der Waals surface area contributed by atoms with Crippen molar-refractivity contribution in [2.24, 2.45) is 0 Å². The Morgan fingerprint density at radius 2 is 1.93 bits per heavy atom. The first-order valence-electron chi connectivity index (χ1n) is 8.86. The average molecular weight is 432 g/mol. The number of hydrogen-bond acceptors (Lipinski definition) is 5. The van der Waals surface area contributed by atoms with E-state index in [1.54, 1.807) is 16.4 Å². The summed E-state index contributed by atoms with van der Waals surface area (Å²) in [6.07, 6.45) is 1.49. The van der Waals surface area contributed by atoms with E-state index in [-0.39, 0.29) is 23.2 Å². The highest BCUT2D eigenvalue weighted by atomic mass is 35.5. The summed E-state index contributed by atoms with van der Waals surface area (Å²) in [4.78, 5) is 0.198. The van der Waals surface area contributed by atoms with Gasteiger partial charge in [-0.1, -0.05) is 23.7 Å². The molecule has 0 spiro atoms. The molecule has 1 saturated heterocycles. The second kappa shape index (κ2) is 8.05. The highest BCUT2D eigenvalue weighted by Gasteiger charge is 2.33. The number of piperidine rings is 1. The van der Waals surface area contributed by atoms with Crippen LogP contribution >= 0.6 is 24.0 Å². The van der Waals surface area contributed by atoms with Gasteiger partial charge in [0.2, 0.25) is 10.0 Å². The van der Waals surface area contributed by atoms with Crippen LogP contribution in [0.5, 0.6) is 0 Å². The van der Waals surface area contributed by atoms with Crippen molar-refractivity contribution in [2.45, 2.75) is 43.7 Å². The molecule has 1 aromatic carbocycles. The molecule has 27 heavy (non-hydrogen) atoms. The summed E-state index contributed by atoms with van der Waals surface area (Å²) in [6.45, 7) is 5.28. The van der Waals surface area contributed by atoms with Crippen molar-refractivity contribution in [3.05, 3.63) is 40.4 Å². The van der Waals surface area contributed by atoms with Gasteiger partial charge < -0.3 is 9.88 Å². The van der Waals surface area contributed by atoms with Gasteiger partial charge in [-0.2, -0.15) is 4.31 Å². The monoisotopic (exact) mass is 431 g/mol. The number of sulfonamides is 1. The Balaban J connectivity index is 0.00000210. The van der Waals surface area contributed by atoms with Crippen LogP contribution in [0.3, 0.4) is 0 Å². The molecular weight excluding hydrogens is 409 g/mol. The molecule has 2 aliphatic rings. The SMILES string of the molecule is Cc1cccc(S(=O)(=O)N2CCC(c3nnc4n3CCNC4)CC2)c1Cl.Cl. The van der Waals surface area contributed by atoms with Gasteiger partial charge in [-0.15, -0.1) is 22.6 Å². The number of aryl methyl sites for hydroxylation is 1. The van der Waals surface area contributed by atoms with E-state index < -0.39 is 10.0 Å². The summed E-state index contributed by atoms with van der Waals surface area (Å²) in [5.41, 5.74) is 0.770. The van der Waals surface area contributed by atoms with Gasteiger partial charge in [0.15, 0.2) is 0 Å². The lowest BCUT2D eigenvalue weighted by atomic mass is 9.97. The van der Waals surface area contributed by atoms with Gasteiger partial charge in [-0.25, -0.2) is 8.42 Å². The molecule has 2 aromatic rings. The molecule has 0 unspecified atom stereocenters. The molecule has 4 rings (SSSR count). The van der Waals surface area contributed by atoms with Crippen molar-refractivity contribution in [1.29, 1.82) is 0 Å². The molecule has 10 heteroatoms. The first kappa shape index (κ1) is 20.5. The van der Waals surface area contributed by atoms with Crippen molar-refractivity contribution >= 4 is 34.0 Å². The summed E-state index contributed by atoms with van der Waals surface area (Å²) in [5.74, 6) is 2.20. The van der Waals surface area contributed by atoms with Crippen molar-refractivity contribution in [3.8, 4) is 0 Å². The zero-order valence-corrected chi connectivity index (χ0v) is 17.4. The molecule has 0 saturated carbocycles. The normalized spacial score (nSPS) is 18.7. The number of rotatable bonds is 3. The van der Waals surface area contributed by atoms with Gasteiger partial charge in [0.1, 0.15) is 16.5 Å².